The van der Waals surface area contributed by atoms with Crippen molar-refractivity contribution in [1.82, 2.24) is 25.2 Å². The summed E-state index contributed by atoms with van der Waals surface area (Å²) in [5.41, 5.74) is 0.206. The van der Waals surface area contributed by atoms with Gasteiger partial charge in [0.05, 0.1) is 12.8 Å². The summed E-state index contributed by atoms with van der Waals surface area (Å²) < 4.78 is 4.85. The number of hydrogen-bond donors (Lipinski definition) is 1. The molecular formula is C9H9N5O3. The molecular weight excluding hydrogens is 226 g/mol. The average molecular weight is 235 g/mol. The third-order valence-electron chi connectivity index (χ3n) is 2.02. The number of methoxy groups -OCH3 is 1. The quantitative estimate of drug-likeness (QED) is 0.802. The van der Waals surface area contributed by atoms with Crippen LogP contribution in [0.1, 0.15) is 16.2 Å². The van der Waals surface area contributed by atoms with Crippen LogP contribution < -0.4 is 4.74 Å². The van der Waals surface area contributed by atoms with E-state index in [0.29, 0.717) is 17.4 Å². The number of ether oxygens (including phenoxy) is 1. The number of aromatic nitrogens is 5. The molecule has 0 unspecified atom stereocenters. The Labute approximate surface area is 95.9 Å². The first-order valence-electron chi connectivity index (χ1n) is 4.67. The Morgan fingerprint density at radius 1 is 1.35 bits per heavy atom. The van der Waals surface area contributed by atoms with Gasteiger partial charge >= 0.3 is 5.97 Å². The number of rotatable bonds is 3. The molecule has 0 spiro atoms. The molecule has 2 aromatic rings. The second-order valence-electron chi connectivity index (χ2n) is 3.16. The van der Waals surface area contributed by atoms with E-state index in [9.17, 15) is 4.79 Å². The molecule has 17 heavy (non-hydrogen) atoms. The Kier molecular flexibility index (Phi) is 2.69. The molecule has 2 heterocycles. The molecule has 0 saturated carbocycles. The molecule has 1 N–H and O–H groups in total. The van der Waals surface area contributed by atoms with Crippen molar-refractivity contribution < 1.29 is 14.6 Å². The van der Waals surface area contributed by atoms with Crippen LogP contribution in [-0.2, 0) is 0 Å². The van der Waals surface area contributed by atoms with Gasteiger partial charge in [-0.2, -0.15) is 5.10 Å². The Bertz CT molecular complexity index is 548. The van der Waals surface area contributed by atoms with Crippen molar-refractivity contribution in [2.45, 2.75) is 6.92 Å². The van der Waals surface area contributed by atoms with Gasteiger partial charge in [-0.3, -0.25) is 0 Å². The van der Waals surface area contributed by atoms with Crippen LogP contribution in [0.4, 0.5) is 0 Å². The minimum atomic E-state index is -1.13. The molecule has 0 bridgehead atoms. The summed E-state index contributed by atoms with van der Waals surface area (Å²) in [6.07, 6.45) is 0. The van der Waals surface area contributed by atoms with Crippen molar-refractivity contribution in [2.24, 2.45) is 0 Å². The first kappa shape index (κ1) is 11.0. The molecule has 2 rings (SSSR count). The topological polar surface area (TPSA) is 103 Å². The number of carboxylic acids is 1. The Morgan fingerprint density at radius 2 is 2.12 bits per heavy atom. The first-order chi connectivity index (χ1) is 8.11. The van der Waals surface area contributed by atoms with Crippen LogP contribution in [0, 0.1) is 6.92 Å². The predicted molar refractivity (Wildman–Crippen MR) is 55.2 cm³/mol. The SMILES string of the molecule is COc1ccc(-n2nc(C)c(C(=O)O)n2)nn1. The Morgan fingerprint density at radius 3 is 2.59 bits per heavy atom. The zero-order valence-corrected chi connectivity index (χ0v) is 9.15. The fraction of sp³-hybridized carbons (Fsp3) is 0.222. The van der Waals surface area contributed by atoms with Gasteiger partial charge in [-0.05, 0) is 13.0 Å². The molecule has 0 aromatic carbocycles. The smallest absolute Gasteiger partial charge is 0.358 e. The van der Waals surface area contributed by atoms with Crippen LogP contribution in [0.5, 0.6) is 5.88 Å². The number of nitrogens with zero attached hydrogens (tertiary/aromatic N) is 5. The molecule has 0 radical (unpaired) electrons. The van der Waals surface area contributed by atoms with Gasteiger partial charge in [0.25, 0.3) is 0 Å². The van der Waals surface area contributed by atoms with Gasteiger partial charge in [-0.15, -0.1) is 20.1 Å². The van der Waals surface area contributed by atoms with Crippen molar-refractivity contribution in [2.75, 3.05) is 7.11 Å². The van der Waals surface area contributed by atoms with Gasteiger partial charge in [0.1, 0.15) is 0 Å². The Hall–Kier alpha value is -2.51. The summed E-state index contributed by atoms with van der Waals surface area (Å²) in [7, 11) is 1.47. The molecule has 8 nitrogen and oxygen atoms in total. The monoisotopic (exact) mass is 235 g/mol. The van der Waals surface area contributed by atoms with Crippen LogP contribution in [0.3, 0.4) is 0 Å². The fourth-order valence-corrected chi connectivity index (χ4v) is 1.21. The lowest BCUT2D eigenvalue weighted by atomic mass is 10.4. The summed E-state index contributed by atoms with van der Waals surface area (Å²) in [6.45, 7) is 1.56. The van der Waals surface area contributed by atoms with E-state index >= 15 is 0 Å². The Balaban J connectivity index is 2.39. The van der Waals surface area contributed by atoms with E-state index in [0.717, 1.165) is 4.80 Å². The fourth-order valence-electron chi connectivity index (χ4n) is 1.21. The van der Waals surface area contributed by atoms with E-state index in [4.69, 9.17) is 9.84 Å². The number of carboxylic acid groups (broad SMARTS) is 1. The van der Waals surface area contributed by atoms with Crippen molar-refractivity contribution >= 4 is 5.97 Å². The molecule has 0 aliphatic carbocycles. The highest BCUT2D eigenvalue weighted by molar-refractivity contribution is 5.86. The molecule has 8 heteroatoms. The molecule has 0 atom stereocenters. The van der Waals surface area contributed by atoms with Crippen molar-refractivity contribution in [3.05, 3.63) is 23.5 Å². The molecule has 2 aromatic heterocycles. The van der Waals surface area contributed by atoms with Gasteiger partial charge in [-0.1, -0.05) is 0 Å². The summed E-state index contributed by atoms with van der Waals surface area (Å²) in [4.78, 5) is 11.9. The van der Waals surface area contributed by atoms with E-state index in [1.54, 1.807) is 19.1 Å². The summed E-state index contributed by atoms with van der Waals surface area (Å²) in [5, 5.41) is 24.1. The lowest BCUT2D eigenvalue weighted by Gasteiger charge is -1.98. The number of hydrogen-bond acceptors (Lipinski definition) is 6. The van der Waals surface area contributed by atoms with Crippen LogP contribution >= 0.6 is 0 Å². The summed E-state index contributed by atoms with van der Waals surface area (Å²) >= 11 is 0. The van der Waals surface area contributed by atoms with E-state index < -0.39 is 5.97 Å². The highest BCUT2D eigenvalue weighted by atomic mass is 16.5. The molecule has 88 valence electrons. The predicted octanol–water partition coefficient (Wildman–Crippen LogP) is 0.0725. The standard InChI is InChI=1S/C9H9N5O3/c1-5-8(9(15)16)13-14(12-5)6-3-4-7(17-2)11-10-6/h3-4H,1-2H3,(H,15,16). The molecule has 0 aliphatic rings. The van der Waals surface area contributed by atoms with Crippen LogP contribution in [0.15, 0.2) is 12.1 Å². The zero-order chi connectivity index (χ0) is 12.4. The van der Waals surface area contributed by atoms with E-state index in [1.807, 2.05) is 0 Å². The van der Waals surface area contributed by atoms with Gasteiger partial charge < -0.3 is 9.84 Å². The lowest BCUT2D eigenvalue weighted by molar-refractivity contribution is 0.0689. The van der Waals surface area contributed by atoms with E-state index in [-0.39, 0.29) is 5.69 Å². The number of aryl methyl sites for hydroxylation is 1. The average Bonchev–Trinajstić information content (AvgIpc) is 2.71. The van der Waals surface area contributed by atoms with Crippen LogP contribution in [0.2, 0.25) is 0 Å². The third kappa shape index (κ3) is 2.05. The third-order valence-corrected chi connectivity index (χ3v) is 2.02. The second kappa shape index (κ2) is 4.16. The molecule has 0 amide bonds. The van der Waals surface area contributed by atoms with Gasteiger partial charge in [-0.25, -0.2) is 4.79 Å². The minimum absolute atomic E-state index is 0.109. The molecule has 0 fully saturated rings. The van der Waals surface area contributed by atoms with Gasteiger partial charge in [0.15, 0.2) is 11.5 Å². The normalized spacial score (nSPS) is 10.2. The van der Waals surface area contributed by atoms with Crippen LogP contribution in [0.25, 0.3) is 5.82 Å². The van der Waals surface area contributed by atoms with E-state index in [1.165, 1.54) is 7.11 Å². The van der Waals surface area contributed by atoms with E-state index in [2.05, 4.69) is 20.4 Å². The zero-order valence-electron chi connectivity index (χ0n) is 9.15. The molecule has 0 saturated heterocycles. The van der Waals surface area contributed by atoms with Gasteiger partial charge in [0.2, 0.25) is 5.88 Å². The maximum Gasteiger partial charge on any atom is 0.358 e. The molecule has 0 aliphatic heterocycles. The van der Waals surface area contributed by atoms with Crippen LogP contribution in [-0.4, -0.2) is 43.4 Å². The van der Waals surface area contributed by atoms with Crippen molar-refractivity contribution in [1.29, 1.82) is 0 Å². The maximum atomic E-state index is 10.8. The van der Waals surface area contributed by atoms with Crippen molar-refractivity contribution in [3.63, 3.8) is 0 Å². The number of aromatic carboxylic acids is 1. The first-order valence-corrected chi connectivity index (χ1v) is 4.67. The van der Waals surface area contributed by atoms with Crippen molar-refractivity contribution in [3.8, 4) is 11.7 Å². The van der Waals surface area contributed by atoms with Gasteiger partial charge in [0, 0.05) is 6.07 Å². The summed E-state index contributed by atoms with van der Waals surface area (Å²) in [6, 6.07) is 3.17. The number of carbonyl (C=O) groups is 1. The largest absolute Gasteiger partial charge is 0.480 e. The summed E-state index contributed by atoms with van der Waals surface area (Å²) in [5.74, 6) is -0.451. The lowest BCUT2D eigenvalue weighted by Crippen LogP contribution is -2.05. The second-order valence-corrected chi connectivity index (χ2v) is 3.16. The minimum Gasteiger partial charge on any atom is -0.480 e. The highest BCUT2D eigenvalue weighted by Gasteiger charge is 2.15. The highest BCUT2D eigenvalue weighted by Crippen LogP contribution is 2.08. The maximum absolute atomic E-state index is 10.8.